The number of aromatic nitrogens is 3. The van der Waals surface area contributed by atoms with Gasteiger partial charge in [0.25, 0.3) is 0 Å². The molecule has 4 heteroatoms. The highest BCUT2D eigenvalue weighted by molar-refractivity contribution is 5.90. The Kier molecular flexibility index (Phi) is 12.4. The van der Waals surface area contributed by atoms with E-state index in [0.717, 1.165) is 95.0 Å². The first-order valence-electron chi connectivity index (χ1n) is 24.7. The Bertz CT molecular complexity index is 3680. The van der Waals surface area contributed by atoms with Gasteiger partial charge in [0, 0.05) is 33.8 Å². The zero-order valence-electron chi connectivity index (χ0n) is 40.0. The lowest BCUT2D eigenvalue weighted by Gasteiger charge is -2.28. The Morgan fingerprint density at radius 1 is 0.164 bits per heavy atom. The molecule has 11 aromatic carbocycles. The maximum atomic E-state index is 5.22. The van der Waals surface area contributed by atoms with E-state index >= 15 is 0 Å². The summed E-state index contributed by atoms with van der Waals surface area (Å²) in [5.41, 5.74) is 19.1. The lowest BCUT2D eigenvalue weighted by molar-refractivity contribution is 1.07. The van der Waals surface area contributed by atoms with Crippen molar-refractivity contribution in [3.05, 3.63) is 291 Å². The largest absolute Gasteiger partial charge is 0.310 e. The van der Waals surface area contributed by atoms with Crippen LogP contribution in [0, 0.1) is 0 Å². The van der Waals surface area contributed by atoms with Crippen molar-refractivity contribution in [1.82, 2.24) is 15.0 Å². The molecule has 0 amide bonds. The van der Waals surface area contributed by atoms with E-state index in [2.05, 4.69) is 260 Å². The van der Waals surface area contributed by atoms with E-state index in [9.17, 15) is 0 Å². The monoisotopic (exact) mass is 932 g/mol. The van der Waals surface area contributed by atoms with E-state index in [-0.39, 0.29) is 0 Å². The fraction of sp³-hybridized carbons (Fsp3) is 0. The number of hydrogen-bond acceptors (Lipinski definition) is 4. The van der Waals surface area contributed by atoms with Crippen molar-refractivity contribution in [2.75, 3.05) is 4.90 Å². The summed E-state index contributed by atoms with van der Waals surface area (Å²) >= 11 is 0. The summed E-state index contributed by atoms with van der Waals surface area (Å²) in [7, 11) is 0. The van der Waals surface area contributed by atoms with Gasteiger partial charge in [-0.3, -0.25) is 0 Å². The molecule has 4 nitrogen and oxygen atoms in total. The molecule has 12 rings (SSSR count). The average molecular weight is 933 g/mol. The number of anilines is 3. The molecule has 0 saturated carbocycles. The third-order valence-electron chi connectivity index (χ3n) is 13.2. The Hall–Kier alpha value is -9.77. The molecule has 1 heterocycles. The first-order valence-corrected chi connectivity index (χ1v) is 24.7. The van der Waals surface area contributed by atoms with Gasteiger partial charge in [-0.25, -0.2) is 15.0 Å². The van der Waals surface area contributed by atoms with Crippen LogP contribution in [0.5, 0.6) is 0 Å². The topological polar surface area (TPSA) is 41.9 Å². The fourth-order valence-corrected chi connectivity index (χ4v) is 9.58. The second-order valence-corrected chi connectivity index (χ2v) is 18.1. The van der Waals surface area contributed by atoms with Crippen molar-refractivity contribution in [1.29, 1.82) is 0 Å². The normalized spacial score (nSPS) is 11.0. The van der Waals surface area contributed by atoms with Crippen molar-refractivity contribution in [3.8, 4) is 101 Å². The lowest BCUT2D eigenvalue weighted by Crippen LogP contribution is -2.11. The van der Waals surface area contributed by atoms with Crippen LogP contribution in [-0.4, -0.2) is 15.0 Å². The Morgan fingerprint density at radius 2 is 0.384 bits per heavy atom. The first-order chi connectivity index (χ1) is 36.1. The van der Waals surface area contributed by atoms with Gasteiger partial charge in [-0.2, -0.15) is 0 Å². The number of nitrogens with zero attached hydrogens (tertiary/aromatic N) is 4. The van der Waals surface area contributed by atoms with E-state index in [1.54, 1.807) is 0 Å². The molecule has 73 heavy (non-hydrogen) atoms. The third-order valence-corrected chi connectivity index (χ3v) is 13.2. The minimum atomic E-state index is 0.595. The van der Waals surface area contributed by atoms with Crippen LogP contribution >= 0.6 is 0 Å². The van der Waals surface area contributed by atoms with Crippen molar-refractivity contribution in [3.63, 3.8) is 0 Å². The molecular formula is C69H48N4. The molecule has 0 spiro atoms. The van der Waals surface area contributed by atoms with Crippen LogP contribution in [0.15, 0.2) is 291 Å². The summed E-state index contributed by atoms with van der Waals surface area (Å²) in [6.45, 7) is 0. The summed E-state index contributed by atoms with van der Waals surface area (Å²) in [6.07, 6.45) is 0. The Balaban J connectivity index is 1.10. The highest BCUT2D eigenvalue weighted by Crippen LogP contribution is 2.44. The van der Waals surface area contributed by atoms with Crippen LogP contribution in [0.1, 0.15) is 0 Å². The molecule has 0 saturated heterocycles. The van der Waals surface area contributed by atoms with Gasteiger partial charge in [0.1, 0.15) is 0 Å². The molecule has 1 aromatic heterocycles. The van der Waals surface area contributed by atoms with Crippen molar-refractivity contribution >= 4 is 17.1 Å². The molecule has 0 aliphatic rings. The smallest absolute Gasteiger partial charge is 0.164 e. The zero-order valence-corrected chi connectivity index (χ0v) is 40.0. The van der Waals surface area contributed by atoms with E-state index in [1.165, 1.54) is 5.56 Å². The van der Waals surface area contributed by atoms with Crippen LogP contribution in [0.25, 0.3) is 101 Å². The SMILES string of the molecule is c1ccc(-c2ccc(N(c3cc(-c4ccccc4)cc(-c4ccccc4)c3)c3cc(-c4ccccc4)cc(-c4cc(-c5ccccc5)cc(-c5nc(-c6ccccc6)nc(-c6ccccc6)n5)c4)c3)cc2)cc1. The fourth-order valence-electron chi connectivity index (χ4n) is 9.58. The van der Waals surface area contributed by atoms with E-state index in [4.69, 9.17) is 15.0 Å². The van der Waals surface area contributed by atoms with Gasteiger partial charge < -0.3 is 4.90 Å². The first kappa shape index (κ1) is 44.4. The maximum absolute atomic E-state index is 5.22. The highest BCUT2D eigenvalue weighted by Gasteiger charge is 2.21. The molecule has 0 bridgehead atoms. The lowest BCUT2D eigenvalue weighted by atomic mass is 9.92. The second-order valence-electron chi connectivity index (χ2n) is 18.1. The molecular weight excluding hydrogens is 885 g/mol. The summed E-state index contributed by atoms with van der Waals surface area (Å²) in [5.74, 6) is 1.83. The number of benzene rings is 11. The second kappa shape index (κ2) is 20.3. The summed E-state index contributed by atoms with van der Waals surface area (Å²) in [4.78, 5) is 17.9. The molecule has 0 aliphatic heterocycles. The van der Waals surface area contributed by atoms with Gasteiger partial charge in [0.05, 0.1) is 0 Å². The summed E-state index contributed by atoms with van der Waals surface area (Å²) in [5, 5.41) is 0. The van der Waals surface area contributed by atoms with Gasteiger partial charge in [0.2, 0.25) is 0 Å². The molecule has 0 unspecified atom stereocenters. The van der Waals surface area contributed by atoms with Crippen molar-refractivity contribution in [2.24, 2.45) is 0 Å². The predicted molar refractivity (Wildman–Crippen MR) is 303 cm³/mol. The number of rotatable bonds is 12. The van der Waals surface area contributed by atoms with Gasteiger partial charge in [0.15, 0.2) is 17.5 Å². The van der Waals surface area contributed by atoms with Gasteiger partial charge in [-0.15, -0.1) is 0 Å². The highest BCUT2D eigenvalue weighted by atomic mass is 15.1. The minimum Gasteiger partial charge on any atom is -0.310 e. The molecule has 0 radical (unpaired) electrons. The molecule has 12 aromatic rings. The van der Waals surface area contributed by atoms with Crippen LogP contribution in [0.4, 0.5) is 17.1 Å². The molecule has 0 N–H and O–H groups in total. The number of hydrogen-bond donors (Lipinski definition) is 0. The van der Waals surface area contributed by atoms with Crippen LogP contribution < -0.4 is 4.90 Å². The summed E-state index contributed by atoms with van der Waals surface area (Å²) < 4.78 is 0. The van der Waals surface area contributed by atoms with E-state index in [0.29, 0.717) is 17.5 Å². The Labute approximate surface area is 426 Å². The third kappa shape index (κ3) is 9.74. The minimum absolute atomic E-state index is 0.595. The Morgan fingerprint density at radius 3 is 0.712 bits per heavy atom. The molecule has 344 valence electrons. The summed E-state index contributed by atoms with van der Waals surface area (Å²) in [6, 6.07) is 103. The van der Waals surface area contributed by atoms with Crippen LogP contribution in [-0.2, 0) is 0 Å². The van der Waals surface area contributed by atoms with Crippen LogP contribution in [0.3, 0.4) is 0 Å². The van der Waals surface area contributed by atoms with Gasteiger partial charge in [-0.05, 0) is 133 Å². The predicted octanol–water partition coefficient (Wildman–Crippen LogP) is 18.3. The van der Waals surface area contributed by atoms with Crippen molar-refractivity contribution in [2.45, 2.75) is 0 Å². The molecule has 0 aliphatic carbocycles. The molecule has 0 atom stereocenters. The molecule has 0 fully saturated rings. The standard InChI is InChI=1S/C69H48N4/c1-8-22-49(23-9-1)54-36-38-64(39-37-54)73(65-45-59(51-26-12-3-13-27-51)41-60(46-65)52-28-14-4-15-29-52)66-47-61(53-30-16-5-17-31-53)42-62(48-66)58-40-57(50-24-10-2-11-25-50)43-63(44-58)69-71-67(55-32-18-6-19-33-55)70-68(72-69)56-34-20-7-21-35-56/h1-48H. The average Bonchev–Trinajstić information content (AvgIpc) is 3.48. The van der Waals surface area contributed by atoms with E-state index in [1.807, 2.05) is 36.4 Å². The quantitative estimate of drug-likeness (QED) is 0.122. The van der Waals surface area contributed by atoms with Gasteiger partial charge >= 0.3 is 0 Å². The van der Waals surface area contributed by atoms with E-state index < -0.39 is 0 Å². The van der Waals surface area contributed by atoms with Crippen molar-refractivity contribution < 1.29 is 0 Å². The maximum Gasteiger partial charge on any atom is 0.164 e. The van der Waals surface area contributed by atoms with Gasteiger partial charge in [-0.1, -0.05) is 224 Å². The van der Waals surface area contributed by atoms with Crippen LogP contribution in [0.2, 0.25) is 0 Å². The zero-order chi connectivity index (χ0) is 48.8.